The number of nitrogens with zero attached hydrogens (tertiary/aromatic N) is 2. The summed E-state index contributed by atoms with van der Waals surface area (Å²) in [7, 11) is 0. The van der Waals surface area contributed by atoms with Gasteiger partial charge in [0, 0.05) is 24.5 Å². The van der Waals surface area contributed by atoms with Crippen LogP contribution in [0.15, 0.2) is 30.6 Å². The molecule has 1 amide bonds. The van der Waals surface area contributed by atoms with Crippen LogP contribution in [-0.4, -0.2) is 27.8 Å². The number of hydrogen-bond acceptors (Lipinski definition) is 3. The number of carbonyl (C=O) groups excluding carboxylic acids is 1. The van der Waals surface area contributed by atoms with E-state index >= 15 is 0 Å². The van der Waals surface area contributed by atoms with Crippen LogP contribution < -0.4 is 5.32 Å². The Labute approximate surface area is 129 Å². The molecule has 1 unspecified atom stereocenters. The number of fused-ring (bicyclic) bond motifs is 1. The Balaban J connectivity index is 1.99. The highest BCUT2D eigenvalue weighted by molar-refractivity contribution is 6.21. The zero-order chi connectivity index (χ0) is 15.5. The van der Waals surface area contributed by atoms with Gasteiger partial charge in [0.25, 0.3) is 5.91 Å². The second-order valence-electron chi connectivity index (χ2n) is 6.33. The van der Waals surface area contributed by atoms with E-state index < -0.39 is 0 Å². The second-order valence-corrected chi connectivity index (χ2v) is 6.95. The maximum atomic E-state index is 12.1. The number of halogens is 1. The first kappa shape index (κ1) is 15.7. The largest absolute Gasteiger partial charge is 0.351 e. The summed E-state index contributed by atoms with van der Waals surface area (Å²) in [4.78, 5) is 20.5. The molecule has 112 valence electrons. The lowest BCUT2D eigenvalue weighted by atomic mass is 9.90. The monoisotopic (exact) mass is 305 g/mol. The average Bonchev–Trinajstić information content (AvgIpc) is 2.42. The first-order chi connectivity index (χ1) is 9.85. The van der Waals surface area contributed by atoms with Crippen LogP contribution in [-0.2, 0) is 0 Å². The topological polar surface area (TPSA) is 54.9 Å². The molecule has 2 aromatic rings. The fourth-order valence-electron chi connectivity index (χ4n) is 2.15. The van der Waals surface area contributed by atoms with Gasteiger partial charge >= 0.3 is 0 Å². The first-order valence-corrected chi connectivity index (χ1v) is 7.42. The molecular weight excluding hydrogens is 286 g/mol. The van der Waals surface area contributed by atoms with Crippen LogP contribution in [0.25, 0.3) is 11.0 Å². The summed E-state index contributed by atoms with van der Waals surface area (Å²) in [6.07, 6.45) is 4.09. The standard InChI is InChI=1S/C16H20ClN3O/c1-16(2,3)9-12(17)10-20-15(21)11-4-5-13-14(8-11)19-7-6-18-13/h4-8,12H,9-10H2,1-3H3,(H,20,21). The van der Waals surface area contributed by atoms with Crippen LogP contribution in [0.3, 0.4) is 0 Å². The van der Waals surface area contributed by atoms with Crippen LogP contribution >= 0.6 is 11.6 Å². The van der Waals surface area contributed by atoms with Gasteiger partial charge in [0.2, 0.25) is 0 Å². The molecule has 21 heavy (non-hydrogen) atoms. The summed E-state index contributed by atoms with van der Waals surface area (Å²) in [5, 5.41) is 2.79. The quantitative estimate of drug-likeness (QED) is 0.881. The van der Waals surface area contributed by atoms with Gasteiger partial charge in [0.15, 0.2) is 0 Å². The molecule has 4 nitrogen and oxygen atoms in total. The van der Waals surface area contributed by atoms with Crippen LogP contribution in [0.5, 0.6) is 0 Å². The van der Waals surface area contributed by atoms with Gasteiger partial charge in [-0.2, -0.15) is 0 Å². The number of aromatic nitrogens is 2. The third-order valence-electron chi connectivity index (χ3n) is 3.05. The van der Waals surface area contributed by atoms with Crippen molar-refractivity contribution in [2.75, 3.05) is 6.54 Å². The lowest BCUT2D eigenvalue weighted by molar-refractivity contribution is 0.0952. The highest BCUT2D eigenvalue weighted by Gasteiger charge is 2.17. The van der Waals surface area contributed by atoms with E-state index in [9.17, 15) is 4.79 Å². The predicted octanol–water partition coefficient (Wildman–Crippen LogP) is 3.40. The van der Waals surface area contributed by atoms with Gasteiger partial charge < -0.3 is 5.32 Å². The van der Waals surface area contributed by atoms with E-state index in [1.54, 1.807) is 30.6 Å². The smallest absolute Gasteiger partial charge is 0.251 e. The summed E-state index contributed by atoms with van der Waals surface area (Å²) in [5.41, 5.74) is 2.21. The van der Waals surface area contributed by atoms with Crippen molar-refractivity contribution in [1.82, 2.24) is 15.3 Å². The molecule has 5 heteroatoms. The number of carbonyl (C=O) groups is 1. The number of amides is 1. The molecule has 0 fully saturated rings. The molecular formula is C16H20ClN3O. The Morgan fingerprint density at radius 3 is 2.57 bits per heavy atom. The van der Waals surface area contributed by atoms with E-state index in [-0.39, 0.29) is 16.7 Å². The van der Waals surface area contributed by atoms with Crippen molar-refractivity contribution in [3.8, 4) is 0 Å². The Morgan fingerprint density at radius 1 is 1.24 bits per heavy atom. The van der Waals surface area contributed by atoms with E-state index in [0.29, 0.717) is 17.6 Å². The van der Waals surface area contributed by atoms with Crippen molar-refractivity contribution >= 4 is 28.5 Å². The van der Waals surface area contributed by atoms with Gasteiger partial charge in [-0.15, -0.1) is 11.6 Å². The Hall–Kier alpha value is -1.68. The summed E-state index contributed by atoms with van der Waals surface area (Å²) in [6.45, 7) is 6.85. The van der Waals surface area contributed by atoms with E-state index in [0.717, 1.165) is 11.9 Å². The van der Waals surface area contributed by atoms with Crippen LogP contribution in [0.1, 0.15) is 37.6 Å². The van der Waals surface area contributed by atoms with Crippen molar-refractivity contribution in [1.29, 1.82) is 0 Å². The average molecular weight is 306 g/mol. The van der Waals surface area contributed by atoms with E-state index in [4.69, 9.17) is 11.6 Å². The third kappa shape index (κ3) is 4.67. The molecule has 1 N–H and O–H groups in total. The molecule has 1 heterocycles. The van der Waals surface area contributed by atoms with Gasteiger partial charge in [0.1, 0.15) is 0 Å². The number of alkyl halides is 1. The van der Waals surface area contributed by atoms with E-state index in [1.165, 1.54) is 0 Å². The highest BCUT2D eigenvalue weighted by Crippen LogP contribution is 2.23. The van der Waals surface area contributed by atoms with Crippen molar-refractivity contribution in [3.05, 3.63) is 36.2 Å². The molecule has 1 aromatic heterocycles. The van der Waals surface area contributed by atoms with Crippen molar-refractivity contribution < 1.29 is 4.79 Å². The molecule has 0 spiro atoms. The molecule has 0 aliphatic carbocycles. The fraction of sp³-hybridized carbons (Fsp3) is 0.438. The fourth-order valence-corrected chi connectivity index (χ4v) is 2.69. The zero-order valence-electron chi connectivity index (χ0n) is 12.6. The van der Waals surface area contributed by atoms with Gasteiger partial charge in [-0.05, 0) is 30.0 Å². The molecule has 0 saturated heterocycles. The normalized spacial score (nSPS) is 13.1. The molecule has 2 rings (SSSR count). The Bertz CT molecular complexity index is 637. The minimum absolute atomic E-state index is 0.0748. The zero-order valence-corrected chi connectivity index (χ0v) is 13.3. The van der Waals surface area contributed by atoms with Gasteiger partial charge in [-0.1, -0.05) is 20.8 Å². The van der Waals surface area contributed by atoms with E-state index in [2.05, 4.69) is 36.1 Å². The minimum atomic E-state index is -0.137. The number of benzene rings is 1. The predicted molar refractivity (Wildman–Crippen MR) is 85.6 cm³/mol. The lowest BCUT2D eigenvalue weighted by Gasteiger charge is -2.22. The summed E-state index contributed by atoms with van der Waals surface area (Å²) in [5.74, 6) is -0.137. The van der Waals surface area contributed by atoms with Crippen LogP contribution in [0, 0.1) is 5.41 Å². The number of rotatable bonds is 4. The third-order valence-corrected chi connectivity index (χ3v) is 3.36. The first-order valence-electron chi connectivity index (χ1n) is 6.98. The highest BCUT2D eigenvalue weighted by atomic mass is 35.5. The molecule has 0 aliphatic rings. The minimum Gasteiger partial charge on any atom is -0.351 e. The van der Waals surface area contributed by atoms with Gasteiger partial charge in [0.05, 0.1) is 16.4 Å². The molecule has 0 radical (unpaired) electrons. The number of hydrogen-bond donors (Lipinski definition) is 1. The van der Waals surface area contributed by atoms with Crippen LogP contribution in [0.4, 0.5) is 0 Å². The summed E-state index contributed by atoms with van der Waals surface area (Å²) < 4.78 is 0. The molecule has 1 aromatic carbocycles. The Morgan fingerprint density at radius 2 is 1.90 bits per heavy atom. The SMILES string of the molecule is CC(C)(C)CC(Cl)CNC(=O)c1ccc2nccnc2c1. The summed E-state index contributed by atoms with van der Waals surface area (Å²) >= 11 is 6.25. The van der Waals surface area contributed by atoms with Crippen LogP contribution in [0.2, 0.25) is 0 Å². The second kappa shape index (κ2) is 6.39. The van der Waals surface area contributed by atoms with Crippen molar-refractivity contribution in [2.45, 2.75) is 32.6 Å². The molecule has 0 aliphatic heterocycles. The summed E-state index contributed by atoms with van der Waals surface area (Å²) in [6, 6.07) is 5.29. The maximum absolute atomic E-state index is 12.1. The lowest BCUT2D eigenvalue weighted by Crippen LogP contribution is -2.31. The van der Waals surface area contributed by atoms with Crippen molar-refractivity contribution in [3.63, 3.8) is 0 Å². The Kier molecular flexibility index (Phi) is 4.78. The van der Waals surface area contributed by atoms with Gasteiger partial charge in [-0.3, -0.25) is 14.8 Å². The van der Waals surface area contributed by atoms with Crippen molar-refractivity contribution in [2.24, 2.45) is 5.41 Å². The van der Waals surface area contributed by atoms with E-state index in [1.807, 2.05) is 0 Å². The maximum Gasteiger partial charge on any atom is 0.251 e. The number of nitrogens with one attached hydrogen (secondary N) is 1. The molecule has 1 atom stereocenters. The molecule has 0 saturated carbocycles. The molecule has 0 bridgehead atoms. The van der Waals surface area contributed by atoms with Gasteiger partial charge in [-0.25, -0.2) is 0 Å².